The van der Waals surface area contributed by atoms with Crippen molar-refractivity contribution in [2.45, 2.75) is 85.6 Å². The number of aliphatic hydroxyl groups is 2. The molecule has 0 aliphatic carbocycles. The Labute approximate surface area is 348 Å². The molecule has 0 unspecified atom stereocenters. The maximum Gasteiger partial charge on any atom is 0.312 e. The molecule has 5 bridgehead atoms. The summed E-state index contributed by atoms with van der Waals surface area (Å²) in [5, 5.41) is 66.4. The first kappa shape index (κ1) is 40.6. The average Bonchev–Trinajstić information content (AvgIpc) is 3.48. The van der Waals surface area contributed by atoms with Crippen molar-refractivity contribution in [3.8, 4) is 23.0 Å². The van der Waals surface area contributed by atoms with Crippen LogP contribution in [0.1, 0.15) is 74.1 Å². The van der Waals surface area contributed by atoms with Crippen molar-refractivity contribution in [3.05, 3.63) is 52.8 Å². The number of piperazine rings is 1. The van der Waals surface area contributed by atoms with Gasteiger partial charge in [0.2, 0.25) is 0 Å². The fourth-order valence-electron chi connectivity index (χ4n) is 7.82. The SMILES string of the molecule is [2H]C([2H])([2H])N1CCN(N=Cc2c3c(O)c4c(O)c(C)c5c(c4c2O)C(=O)[C@@](C)(OC=C[C@H](OC)[C@H](C)[C@@H](OC(C)=O)[C@H](C)[C@H](O)[C@H](C)[C@@H](O)[C@@H](C)C=CC=C(C)C(=O)N3)O5)CC1. The number of methoxy groups -OCH3 is 1. The van der Waals surface area contributed by atoms with E-state index in [9.17, 15) is 39.9 Å². The quantitative estimate of drug-likeness (QED) is 0.109. The summed E-state index contributed by atoms with van der Waals surface area (Å²) in [6, 6.07) is 0. The molecule has 0 spiro atoms. The number of benzene rings is 2. The van der Waals surface area contributed by atoms with Crippen molar-refractivity contribution in [2.75, 3.05) is 45.6 Å². The molecule has 1 saturated heterocycles. The highest BCUT2D eigenvalue weighted by Gasteiger charge is 2.50. The molecule has 1 fully saturated rings. The summed E-state index contributed by atoms with van der Waals surface area (Å²) in [5.74, 6) is -8.92. The fourth-order valence-corrected chi connectivity index (χ4v) is 7.82. The van der Waals surface area contributed by atoms with Crippen LogP contribution in [0.15, 0.2) is 41.2 Å². The van der Waals surface area contributed by atoms with E-state index >= 15 is 0 Å². The molecule has 0 radical (unpaired) electrons. The number of rotatable bonds is 4. The largest absolute Gasteiger partial charge is 0.507 e. The topological polar surface area (TPSA) is 220 Å². The molecule has 16 nitrogen and oxygen atoms in total. The third-order valence-electron chi connectivity index (χ3n) is 11.6. The number of aliphatic hydroxyl groups excluding tert-OH is 2. The van der Waals surface area contributed by atoms with Crippen molar-refractivity contribution in [2.24, 2.45) is 28.8 Å². The van der Waals surface area contributed by atoms with Crippen LogP contribution in [-0.4, -0.2) is 130 Å². The minimum absolute atomic E-state index is 0.00936. The number of ketones is 1. The highest BCUT2D eigenvalue weighted by molar-refractivity contribution is 6.23. The lowest BCUT2D eigenvalue weighted by Gasteiger charge is -2.38. The predicted octanol–water partition coefficient (Wildman–Crippen LogP) is 4.34. The van der Waals surface area contributed by atoms with Gasteiger partial charge in [-0.25, -0.2) is 0 Å². The van der Waals surface area contributed by atoms with E-state index < -0.39 is 95.8 Å². The van der Waals surface area contributed by atoms with Crippen LogP contribution < -0.4 is 10.1 Å². The highest BCUT2D eigenvalue weighted by Crippen LogP contribution is 2.55. The Bertz CT molecular complexity index is 2180. The van der Waals surface area contributed by atoms with Gasteiger partial charge in [0.05, 0.1) is 53.0 Å². The third kappa shape index (κ3) is 8.91. The van der Waals surface area contributed by atoms with Gasteiger partial charge in [0.15, 0.2) is 5.75 Å². The molecule has 6 N–H and O–H groups in total. The van der Waals surface area contributed by atoms with Crippen LogP contribution in [0, 0.1) is 30.6 Å². The molecule has 4 heterocycles. The summed E-state index contributed by atoms with van der Waals surface area (Å²) in [6.07, 6.45) is 4.45. The first-order chi connectivity index (χ1) is 28.9. The normalized spacial score (nSPS) is 31.1. The van der Waals surface area contributed by atoms with Gasteiger partial charge in [-0.2, -0.15) is 5.10 Å². The van der Waals surface area contributed by atoms with Crippen LogP contribution in [0.5, 0.6) is 23.0 Å². The minimum Gasteiger partial charge on any atom is -0.507 e. The van der Waals surface area contributed by atoms with Gasteiger partial charge in [0.1, 0.15) is 23.4 Å². The first-order valence-corrected chi connectivity index (χ1v) is 19.6. The van der Waals surface area contributed by atoms with Crippen LogP contribution >= 0.6 is 0 Å². The molecule has 4 aliphatic rings. The molecule has 6 rings (SSSR count). The zero-order valence-electron chi connectivity index (χ0n) is 37.8. The van der Waals surface area contributed by atoms with Crippen molar-refractivity contribution in [1.29, 1.82) is 0 Å². The number of phenolic OH excluding ortho intramolecular Hbond substituents is 3. The number of allylic oxidation sites excluding steroid dienone is 2. The Morgan fingerprint density at radius 1 is 0.983 bits per heavy atom. The molecule has 2 aromatic carbocycles. The van der Waals surface area contributed by atoms with Crippen molar-refractivity contribution in [3.63, 3.8) is 0 Å². The lowest BCUT2D eigenvalue weighted by molar-refractivity contribution is -0.160. The fraction of sp³-hybridized carbons (Fsp3) is 0.535. The number of Topliss-reactive ketones (excluding diaryl/α,β-unsaturated/α-hetero) is 1. The number of hydrogen-bond donors (Lipinski definition) is 6. The van der Waals surface area contributed by atoms with Gasteiger partial charge in [0.25, 0.3) is 11.7 Å². The Morgan fingerprint density at radius 3 is 2.29 bits per heavy atom. The molecule has 0 aromatic heterocycles. The predicted molar refractivity (Wildman–Crippen MR) is 220 cm³/mol. The Morgan fingerprint density at radius 2 is 1.66 bits per heavy atom. The Hall–Kier alpha value is -5.16. The summed E-state index contributed by atoms with van der Waals surface area (Å²) in [7, 11) is 1.42. The van der Waals surface area contributed by atoms with E-state index in [1.165, 1.54) is 58.1 Å². The molecular weight excluding hydrogens is 764 g/mol. The van der Waals surface area contributed by atoms with Gasteiger partial charge in [-0.15, -0.1) is 0 Å². The van der Waals surface area contributed by atoms with Crippen molar-refractivity contribution < 1.29 is 63.0 Å². The molecule has 59 heavy (non-hydrogen) atoms. The molecule has 322 valence electrons. The number of hydrogen-bond acceptors (Lipinski definition) is 15. The van der Waals surface area contributed by atoms with Crippen LogP contribution in [0.2, 0.25) is 0 Å². The third-order valence-corrected chi connectivity index (χ3v) is 11.6. The number of hydrazone groups is 1. The number of anilines is 1. The highest BCUT2D eigenvalue weighted by atomic mass is 16.7. The van der Waals surface area contributed by atoms with E-state index in [1.54, 1.807) is 44.9 Å². The smallest absolute Gasteiger partial charge is 0.312 e. The Balaban J connectivity index is 1.69. The standard InChI is InChI=1S/C43H58N4O12/c1-21-12-11-13-22(2)42(55)45-33-28(20-44-47-17-15-46(9)16-18-47)37(52)30-31(38(33)53)36(51)26(6)40-32(30)41(54)43(8,59-40)57-19-14-29(56-10)23(3)39(58-27(7)48)25(5)35(50)24(4)34(21)49/h11-14,19-21,23-25,29,34-35,39,49-53H,15-18H2,1-10H3,(H,45,55)/t21-,23-,24+,25+,29-,34-,35+,39+,43-/m0/s1/i9D3. The number of nitrogens with zero attached hydrogens (tertiary/aromatic N) is 3. The number of aromatic hydroxyl groups is 3. The molecule has 4 aliphatic heterocycles. The number of fused-ring (bicyclic) bond motifs is 14. The van der Waals surface area contributed by atoms with Gasteiger partial charge in [0, 0.05) is 91.4 Å². The van der Waals surface area contributed by atoms with E-state index in [4.69, 9.17) is 23.1 Å². The first-order valence-electron chi connectivity index (χ1n) is 21.1. The van der Waals surface area contributed by atoms with Gasteiger partial charge in [-0.1, -0.05) is 45.9 Å². The summed E-state index contributed by atoms with van der Waals surface area (Å²) in [5.41, 5.74) is -0.716. The van der Waals surface area contributed by atoms with E-state index in [2.05, 4.69) is 10.4 Å². The maximum absolute atomic E-state index is 14.5. The second-order valence-corrected chi connectivity index (χ2v) is 15.8. The lowest BCUT2D eigenvalue weighted by Crippen LogP contribution is -2.46. The molecule has 9 atom stereocenters. The van der Waals surface area contributed by atoms with E-state index in [0.717, 1.165) is 6.21 Å². The minimum atomic E-state index is -2.30. The number of likely N-dealkylation sites (N-methyl/N-ethyl adjacent to an activating group) is 1. The Kier molecular flexibility index (Phi) is 12.4. The number of ether oxygens (including phenoxy) is 4. The van der Waals surface area contributed by atoms with E-state index in [1.807, 2.05) is 0 Å². The van der Waals surface area contributed by atoms with Crippen LogP contribution in [-0.2, 0) is 23.8 Å². The summed E-state index contributed by atoms with van der Waals surface area (Å²) in [4.78, 5) is 41.9. The van der Waals surface area contributed by atoms with Crippen molar-refractivity contribution in [1.82, 2.24) is 9.91 Å². The van der Waals surface area contributed by atoms with Crippen molar-refractivity contribution >= 4 is 40.3 Å². The van der Waals surface area contributed by atoms with Crippen LogP contribution in [0.4, 0.5) is 5.69 Å². The van der Waals surface area contributed by atoms with Crippen LogP contribution in [0.3, 0.4) is 0 Å². The van der Waals surface area contributed by atoms with Gasteiger partial charge in [-0.05, 0) is 26.9 Å². The van der Waals surface area contributed by atoms with Gasteiger partial charge >= 0.3 is 11.8 Å². The molecule has 16 heteroatoms. The number of carbonyl (C=O) groups excluding carboxylic acids is 3. The molecular formula is C43H58N4O12. The summed E-state index contributed by atoms with van der Waals surface area (Å²) < 4.78 is 46.7. The summed E-state index contributed by atoms with van der Waals surface area (Å²) >= 11 is 0. The summed E-state index contributed by atoms with van der Waals surface area (Å²) in [6.45, 7) is 10.7. The van der Waals surface area contributed by atoms with E-state index in [-0.39, 0.29) is 70.7 Å². The van der Waals surface area contributed by atoms with Crippen LogP contribution in [0.25, 0.3) is 10.8 Å². The van der Waals surface area contributed by atoms with E-state index in [0.29, 0.717) is 0 Å². The number of nitrogens with one attached hydrogen (secondary N) is 1. The average molecular weight is 826 g/mol. The molecule has 1 amide bonds. The number of carbonyl (C=O) groups is 3. The second kappa shape index (κ2) is 18.0. The monoisotopic (exact) mass is 825 g/mol. The second-order valence-electron chi connectivity index (χ2n) is 15.8. The molecule has 2 aromatic rings. The zero-order valence-corrected chi connectivity index (χ0v) is 34.8. The lowest BCUT2D eigenvalue weighted by atomic mass is 9.78. The van der Waals surface area contributed by atoms with Gasteiger partial charge < -0.3 is 54.7 Å². The zero-order chi connectivity index (χ0) is 46.2. The van der Waals surface area contributed by atoms with Gasteiger partial charge in [-0.3, -0.25) is 19.4 Å². The maximum atomic E-state index is 14.5. The molecule has 0 saturated carbocycles. The number of amides is 1. The number of phenols is 3. The number of esters is 1.